The van der Waals surface area contributed by atoms with Crippen LogP contribution >= 0.6 is 11.8 Å². The molecule has 0 atom stereocenters. The quantitative estimate of drug-likeness (QED) is 0.495. The van der Waals surface area contributed by atoms with Gasteiger partial charge in [-0.25, -0.2) is 4.40 Å². The van der Waals surface area contributed by atoms with E-state index in [9.17, 15) is 4.79 Å². The number of thioether (sulfide) groups is 1. The highest BCUT2D eigenvalue weighted by Crippen LogP contribution is 2.22. The molecule has 3 rings (SSSR count). The summed E-state index contributed by atoms with van der Waals surface area (Å²) in [4.78, 5) is 21.2. The molecule has 0 aliphatic rings. The molecule has 0 aliphatic carbocycles. The van der Waals surface area contributed by atoms with Crippen LogP contribution in [0.25, 0.3) is 5.78 Å². The number of rotatable bonds is 8. The van der Waals surface area contributed by atoms with Gasteiger partial charge in [0.25, 0.3) is 5.78 Å². The van der Waals surface area contributed by atoms with Crippen LogP contribution in [0, 0.1) is 13.8 Å². The standard InChI is InChI=1S/C18H24N8OS/c1-5-19-15-22-16(20-6-2)26-17(23-15)24-25-18(26)28-10-14(27)21-13-9-11(3)7-8-12(13)4/h7-9H,5-6,10H2,1-4H3,(H,21,27)(H2,19,20,22,23,24). The van der Waals surface area contributed by atoms with Crippen LogP contribution in [0.5, 0.6) is 0 Å². The predicted molar refractivity (Wildman–Crippen MR) is 112 cm³/mol. The zero-order chi connectivity index (χ0) is 20.1. The fourth-order valence-electron chi connectivity index (χ4n) is 2.58. The average Bonchev–Trinajstić information content (AvgIpc) is 3.07. The molecule has 0 spiro atoms. The Bertz CT molecular complexity index is 987. The van der Waals surface area contributed by atoms with Crippen LogP contribution in [0.3, 0.4) is 0 Å². The van der Waals surface area contributed by atoms with E-state index in [2.05, 4.69) is 36.1 Å². The maximum atomic E-state index is 12.4. The third kappa shape index (κ3) is 4.50. The summed E-state index contributed by atoms with van der Waals surface area (Å²) in [6, 6.07) is 5.97. The number of aromatic nitrogens is 5. The minimum absolute atomic E-state index is 0.106. The summed E-state index contributed by atoms with van der Waals surface area (Å²) >= 11 is 1.29. The number of fused-ring (bicyclic) bond motifs is 1. The van der Waals surface area contributed by atoms with Crippen LogP contribution in [-0.2, 0) is 4.79 Å². The first kappa shape index (κ1) is 19.9. The van der Waals surface area contributed by atoms with Gasteiger partial charge in [0.1, 0.15) is 0 Å². The molecule has 0 saturated heterocycles. The molecule has 1 amide bonds. The number of anilines is 3. The molecular weight excluding hydrogens is 376 g/mol. The Balaban J connectivity index is 1.76. The lowest BCUT2D eigenvalue weighted by atomic mass is 10.1. The van der Waals surface area contributed by atoms with Gasteiger partial charge in [0.2, 0.25) is 17.8 Å². The number of benzene rings is 1. The number of amides is 1. The van der Waals surface area contributed by atoms with Gasteiger partial charge >= 0.3 is 0 Å². The molecule has 1 aromatic carbocycles. The lowest BCUT2D eigenvalue weighted by Gasteiger charge is -2.10. The lowest BCUT2D eigenvalue weighted by molar-refractivity contribution is -0.113. The first-order valence-corrected chi connectivity index (χ1v) is 10.1. The lowest BCUT2D eigenvalue weighted by Crippen LogP contribution is -2.16. The third-order valence-corrected chi connectivity index (χ3v) is 4.84. The van der Waals surface area contributed by atoms with Crippen molar-refractivity contribution >= 4 is 41.0 Å². The highest BCUT2D eigenvalue weighted by atomic mass is 32.2. The van der Waals surface area contributed by atoms with E-state index in [1.54, 1.807) is 4.40 Å². The van der Waals surface area contributed by atoms with Crippen LogP contribution in [0.15, 0.2) is 23.4 Å². The molecular formula is C18H24N8OS. The average molecular weight is 401 g/mol. The van der Waals surface area contributed by atoms with Gasteiger partial charge in [-0.15, -0.1) is 10.2 Å². The molecule has 9 nitrogen and oxygen atoms in total. The maximum absolute atomic E-state index is 12.4. The molecule has 2 heterocycles. The zero-order valence-corrected chi connectivity index (χ0v) is 17.2. The van der Waals surface area contributed by atoms with Crippen LogP contribution in [-0.4, -0.2) is 49.3 Å². The minimum atomic E-state index is -0.106. The number of carbonyl (C=O) groups is 1. The van der Waals surface area contributed by atoms with Crippen molar-refractivity contribution in [2.45, 2.75) is 32.9 Å². The maximum Gasteiger partial charge on any atom is 0.261 e. The zero-order valence-electron chi connectivity index (χ0n) is 16.4. The van der Waals surface area contributed by atoms with Crippen molar-refractivity contribution in [3.05, 3.63) is 29.3 Å². The van der Waals surface area contributed by atoms with Crippen LogP contribution in [0.4, 0.5) is 17.6 Å². The van der Waals surface area contributed by atoms with Crippen molar-refractivity contribution in [3.63, 3.8) is 0 Å². The second-order valence-electron chi connectivity index (χ2n) is 6.20. The van der Waals surface area contributed by atoms with E-state index < -0.39 is 0 Å². The van der Waals surface area contributed by atoms with Crippen molar-refractivity contribution < 1.29 is 4.79 Å². The second-order valence-corrected chi connectivity index (χ2v) is 7.15. The molecule has 0 radical (unpaired) electrons. The molecule has 3 aromatic rings. The summed E-state index contributed by atoms with van der Waals surface area (Å²) in [5.41, 5.74) is 2.94. The van der Waals surface area contributed by atoms with Crippen LogP contribution in [0.1, 0.15) is 25.0 Å². The van der Waals surface area contributed by atoms with Crippen LogP contribution in [0.2, 0.25) is 0 Å². The van der Waals surface area contributed by atoms with Gasteiger partial charge in [0, 0.05) is 18.8 Å². The van der Waals surface area contributed by atoms with Gasteiger partial charge in [-0.3, -0.25) is 4.79 Å². The van der Waals surface area contributed by atoms with Gasteiger partial charge in [0.05, 0.1) is 5.75 Å². The Morgan fingerprint density at radius 1 is 1.11 bits per heavy atom. The van der Waals surface area contributed by atoms with Crippen molar-refractivity contribution in [3.8, 4) is 0 Å². The first-order chi connectivity index (χ1) is 13.5. The number of hydrogen-bond donors (Lipinski definition) is 3. The van der Waals surface area contributed by atoms with Gasteiger partial charge in [-0.05, 0) is 44.9 Å². The summed E-state index contributed by atoms with van der Waals surface area (Å²) in [5, 5.41) is 18.1. The predicted octanol–water partition coefficient (Wildman–Crippen LogP) is 2.73. The Kier molecular flexibility index (Phi) is 6.30. The summed E-state index contributed by atoms with van der Waals surface area (Å²) in [7, 11) is 0. The van der Waals surface area contributed by atoms with Gasteiger partial charge < -0.3 is 16.0 Å². The number of carbonyl (C=O) groups excluding carboxylic acids is 1. The van der Waals surface area contributed by atoms with E-state index in [1.165, 1.54) is 11.8 Å². The topological polar surface area (TPSA) is 109 Å². The Labute approximate surface area is 167 Å². The first-order valence-electron chi connectivity index (χ1n) is 9.12. The van der Waals surface area contributed by atoms with E-state index in [0.29, 0.717) is 35.9 Å². The highest BCUT2D eigenvalue weighted by Gasteiger charge is 2.16. The van der Waals surface area contributed by atoms with Crippen molar-refractivity contribution in [1.82, 2.24) is 24.6 Å². The number of nitrogens with one attached hydrogen (secondary N) is 3. The molecule has 28 heavy (non-hydrogen) atoms. The monoisotopic (exact) mass is 400 g/mol. The highest BCUT2D eigenvalue weighted by molar-refractivity contribution is 7.99. The fourth-order valence-corrected chi connectivity index (χ4v) is 3.31. The van der Waals surface area contributed by atoms with Crippen molar-refractivity contribution in [2.75, 3.05) is 34.8 Å². The normalized spacial score (nSPS) is 10.9. The van der Waals surface area contributed by atoms with E-state index in [1.807, 2.05) is 45.9 Å². The Hall–Kier alpha value is -2.88. The van der Waals surface area contributed by atoms with E-state index in [0.717, 1.165) is 16.8 Å². The molecule has 3 N–H and O–H groups in total. The summed E-state index contributed by atoms with van der Waals surface area (Å²) in [5.74, 6) is 1.60. The largest absolute Gasteiger partial charge is 0.355 e. The molecule has 0 bridgehead atoms. The Morgan fingerprint density at radius 2 is 1.89 bits per heavy atom. The second kappa shape index (κ2) is 8.87. The molecule has 0 aliphatic heterocycles. The smallest absolute Gasteiger partial charge is 0.261 e. The van der Waals surface area contributed by atoms with E-state index in [-0.39, 0.29) is 11.7 Å². The van der Waals surface area contributed by atoms with Crippen LogP contribution < -0.4 is 16.0 Å². The SMILES string of the molecule is CCNc1nc(NCC)n2c(SCC(=O)Nc3cc(C)ccc3C)nnc2n1. The summed E-state index contributed by atoms with van der Waals surface area (Å²) in [6.07, 6.45) is 0. The molecule has 2 aromatic heterocycles. The molecule has 10 heteroatoms. The number of nitrogens with zero attached hydrogens (tertiary/aromatic N) is 5. The van der Waals surface area contributed by atoms with Gasteiger partial charge in [0.15, 0.2) is 5.16 Å². The fraction of sp³-hybridized carbons (Fsp3) is 0.389. The number of hydrogen-bond acceptors (Lipinski definition) is 8. The third-order valence-electron chi connectivity index (χ3n) is 3.92. The number of aryl methyl sites for hydroxylation is 2. The van der Waals surface area contributed by atoms with E-state index in [4.69, 9.17) is 0 Å². The minimum Gasteiger partial charge on any atom is -0.355 e. The summed E-state index contributed by atoms with van der Waals surface area (Å²) < 4.78 is 1.72. The van der Waals surface area contributed by atoms with Gasteiger partial charge in [-0.2, -0.15) is 9.97 Å². The van der Waals surface area contributed by atoms with E-state index >= 15 is 0 Å². The molecule has 148 valence electrons. The molecule has 0 fully saturated rings. The van der Waals surface area contributed by atoms with Crippen molar-refractivity contribution in [2.24, 2.45) is 0 Å². The van der Waals surface area contributed by atoms with Gasteiger partial charge in [-0.1, -0.05) is 23.9 Å². The molecule has 0 unspecified atom stereocenters. The summed E-state index contributed by atoms with van der Waals surface area (Å²) in [6.45, 7) is 9.31. The van der Waals surface area contributed by atoms with Crippen molar-refractivity contribution in [1.29, 1.82) is 0 Å². The Morgan fingerprint density at radius 3 is 2.64 bits per heavy atom. The molecule has 0 saturated carbocycles.